The highest BCUT2D eigenvalue weighted by Crippen LogP contribution is 2.23. The molecule has 0 saturated carbocycles. The Kier molecular flexibility index (Phi) is 7.75. The average Bonchev–Trinajstić information content (AvgIpc) is 2.71. The van der Waals surface area contributed by atoms with Crippen LogP contribution >= 0.6 is 15.9 Å². The number of methoxy groups -OCH3 is 1. The highest BCUT2D eigenvalue weighted by atomic mass is 79.9. The maximum atomic E-state index is 13.1. The molecule has 0 fully saturated rings. The molecule has 28 heavy (non-hydrogen) atoms. The maximum absolute atomic E-state index is 13.1. The molecule has 0 radical (unpaired) electrons. The number of esters is 1. The van der Waals surface area contributed by atoms with Gasteiger partial charge in [0.25, 0.3) is 0 Å². The van der Waals surface area contributed by atoms with Gasteiger partial charge >= 0.3 is 5.97 Å². The minimum absolute atomic E-state index is 0.149. The highest BCUT2D eigenvalue weighted by Gasteiger charge is 2.31. The molecule has 2 aromatic carbocycles. The van der Waals surface area contributed by atoms with Crippen LogP contribution in [0.4, 0.5) is 5.69 Å². The van der Waals surface area contributed by atoms with E-state index < -0.39 is 16.9 Å². The van der Waals surface area contributed by atoms with Gasteiger partial charge in [0.2, 0.25) is 5.91 Å². The van der Waals surface area contributed by atoms with Crippen LogP contribution in [0.5, 0.6) is 5.75 Å². The molecular weight excluding hydrogens is 426 g/mol. The van der Waals surface area contributed by atoms with Crippen molar-refractivity contribution >= 4 is 39.3 Å². The SMILES string of the molecule is COc1ccc(N(CC(=O)c2ccccc2)C(=O)[C@@H](Br)[C@@H](C)OC(C)=O)cc1. The van der Waals surface area contributed by atoms with E-state index in [4.69, 9.17) is 9.47 Å². The van der Waals surface area contributed by atoms with Crippen molar-refractivity contribution < 1.29 is 23.9 Å². The highest BCUT2D eigenvalue weighted by molar-refractivity contribution is 9.10. The van der Waals surface area contributed by atoms with Gasteiger partial charge in [0.05, 0.1) is 13.7 Å². The fourth-order valence-electron chi connectivity index (χ4n) is 2.59. The van der Waals surface area contributed by atoms with Crippen molar-refractivity contribution in [1.29, 1.82) is 0 Å². The molecule has 2 rings (SSSR count). The van der Waals surface area contributed by atoms with Gasteiger partial charge in [-0.2, -0.15) is 0 Å². The number of benzene rings is 2. The van der Waals surface area contributed by atoms with E-state index in [0.29, 0.717) is 17.0 Å². The first kappa shape index (κ1) is 21.6. The van der Waals surface area contributed by atoms with E-state index >= 15 is 0 Å². The summed E-state index contributed by atoms with van der Waals surface area (Å²) >= 11 is 3.31. The van der Waals surface area contributed by atoms with Crippen molar-refractivity contribution in [3.05, 3.63) is 60.2 Å². The maximum Gasteiger partial charge on any atom is 0.302 e. The van der Waals surface area contributed by atoms with E-state index in [9.17, 15) is 14.4 Å². The van der Waals surface area contributed by atoms with Crippen molar-refractivity contribution in [2.24, 2.45) is 0 Å². The van der Waals surface area contributed by atoms with E-state index in [1.54, 1.807) is 62.6 Å². The molecule has 0 aliphatic carbocycles. The smallest absolute Gasteiger partial charge is 0.302 e. The first-order chi connectivity index (χ1) is 13.3. The zero-order valence-corrected chi connectivity index (χ0v) is 17.5. The summed E-state index contributed by atoms with van der Waals surface area (Å²) in [6.07, 6.45) is -0.697. The van der Waals surface area contributed by atoms with E-state index in [0.717, 1.165) is 0 Å². The second-order valence-corrected chi connectivity index (χ2v) is 7.11. The van der Waals surface area contributed by atoms with Crippen molar-refractivity contribution in [2.45, 2.75) is 24.8 Å². The molecule has 2 aromatic rings. The van der Waals surface area contributed by atoms with Gasteiger partial charge in [0.1, 0.15) is 16.7 Å². The minimum atomic E-state index is -0.804. The number of ketones is 1. The number of Topliss-reactive ketones (excluding diaryl/α,β-unsaturated/α-hetero) is 1. The van der Waals surface area contributed by atoms with E-state index in [2.05, 4.69) is 15.9 Å². The molecule has 2 atom stereocenters. The lowest BCUT2D eigenvalue weighted by atomic mass is 10.1. The fourth-order valence-corrected chi connectivity index (χ4v) is 2.94. The first-order valence-electron chi connectivity index (χ1n) is 8.68. The van der Waals surface area contributed by atoms with Gasteiger partial charge in [-0.25, -0.2) is 0 Å². The number of alkyl halides is 1. The molecule has 6 nitrogen and oxygen atoms in total. The summed E-state index contributed by atoms with van der Waals surface area (Å²) in [5.41, 5.74) is 1.04. The van der Waals surface area contributed by atoms with Crippen molar-refractivity contribution in [3.63, 3.8) is 0 Å². The second kappa shape index (κ2) is 10.0. The Balaban J connectivity index is 2.30. The third kappa shape index (κ3) is 5.66. The summed E-state index contributed by atoms with van der Waals surface area (Å²) in [7, 11) is 1.55. The first-order valence-corrected chi connectivity index (χ1v) is 9.60. The van der Waals surface area contributed by atoms with Crippen molar-refractivity contribution in [3.8, 4) is 5.75 Å². The third-order valence-corrected chi connectivity index (χ3v) is 5.18. The lowest BCUT2D eigenvalue weighted by molar-refractivity contribution is -0.146. The van der Waals surface area contributed by atoms with E-state index in [-0.39, 0.29) is 18.2 Å². The number of hydrogen-bond donors (Lipinski definition) is 0. The van der Waals surface area contributed by atoms with Gasteiger partial charge in [-0.15, -0.1) is 0 Å². The molecule has 0 bridgehead atoms. The Hall–Kier alpha value is -2.67. The average molecular weight is 448 g/mol. The lowest BCUT2D eigenvalue weighted by Gasteiger charge is -2.27. The number of rotatable bonds is 8. The summed E-state index contributed by atoms with van der Waals surface area (Å²) in [4.78, 5) is 37.6. The summed E-state index contributed by atoms with van der Waals surface area (Å²) in [5, 5.41) is 0. The van der Waals surface area contributed by atoms with Gasteiger partial charge in [-0.05, 0) is 31.2 Å². The molecule has 0 aliphatic heterocycles. The number of carbonyl (C=O) groups is 3. The van der Waals surface area contributed by atoms with Crippen LogP contribution in [-0.2, 0) is 14.3 Å². The topological polar surface area (TPSA) is 72.9 Å². The van der Waals surface area contributed by atoms with Crippen LogP contribution in [0.1, 0.15) is 24.2 Å². The standard InChI is InChI=1S/C21H22BrNO5/c1-14(28-15(2)24)20(22)21(26)23(17-9-11-18(27-3)12-10-17)13-19(25)16-7-5-4-6-8-16/h4-12,14,20H,13H2,1-3H3/t14-,20+/m1/s1. The molecule has 1 amide bonds. The molecule has 148 valence electrons. The summed E-state index contributed by atoms with van der Waals surface area (Å²) in [6, 6.07) is 15.6. The van der Waals surface area contributed by atoms with Crippen LogP contribution in [-0.4, -0.2) is 42.2 Å². The van der Waals surface area contributed by atoms with Gasteiger partial charge in [-0.3, -0.25) is 14.4 Å². The summed E-state index contributed by atoms with van der Waals surface area (Å²) in [5.74, 6) is -0.442. The third-order valence-electron chi connectivity index (χ3n) is 4.05. The van der Waals surface area contributed by atoms with Crippen LogP contribution in [0, 0.1) is 0 Å². The van der Waals surface area contributed by atoms with Crippen molar-refractivity contribution in [1.82, 2.24) is 0 Å². The van der Waals surface area contributed by atoms with Gasteiger partial charge in [-0.1, -0.05) is 46.3 Å². The Bertz CT molecular complexity index is 822. The summed E-state index contributed by atoms with van der Waals surface area (Å²) in [6.45, 7) is 2.74. The molecule has 7 heteroatoms. The van der Waals surface area contributed by atoms with Crippen LogP contribution in [0.15, 0.2) is 54.6 Å². The lowest BCUT2D eigenvalue weighted by Crippen LogP contribution is -2.44. The number of amides is 1. The van der Waals surface area contributed by atoms with Crippen LogP contribution in [0.25, 0.3) is 0 Å². The monoisotopic (exact) mass is 447 g/mol. The van der Waals surface area contributed by atoms with E-state index in [1.165, 1.54) is 11.8 Å². The quantitative estimate of drug-likeness (QED) is 0.351. The number of anilines is 1. The van der Waals surface area contributed by atoms with Crippen molar-refractivity contribution in [2.75, 3.05) is 18.6 Å². The van der Waals surface area contributed by atoms with Crippen LogP contribution < -0.4 is 9.64 Å². The van der Waals surface area contributed by atoms with Crippen LogP contribution in [0.3, 0.4) is 0 Å². The largest absolute Gasteiger partial charge is 0.497 e. The number of carbonyl (C=O) groups excluding carboxylic acids is 3. The molecule has 0 saturated heterocycles. The Labute approximate surface area is 172 Å². The fraction of sp³-hybridized carbons (Fsp3) is 0.286. The minimum Gasteiger partial charge on any atom is -0.497 e. The normalized spacial score (nSPS) is 12.6. The molecule has 0 aromatic heterocycles. The predicted octanol–water partition coefficient (Wildman–Crippen LogP) is 3.63. The number of ether oxygens (including phenoxy) is 2. The molecule has 0 unspecified atom stereocenters. The number of nitrogens with zero attached hydrogens (tertiary/aromatic N) is 1. The molecule has 0 spiro atoms. The molecule has 0 aliphatic rings. The molecule has 0 heterocycles. The van der Waals surface area contributed by atoms with Gasteiger partial charge < -0.3 is 14.4 Å². The second-order valence-electron chi connectivity index (χ2n) is 6.13. The predicted molar refractivity (Wildman–Crippen MR) is 110 cm³/mol. The number of hydrogen-bond acceptors (Lipinski definition) is 5. The molecular formula is C21H22BrNO5. The zero-order chi connectivity index (χ0) is 20.7. The Morgan fingerprint density at radius 2 is 1.64 bits per heavy atom. The van der Waals surface area contributed by atoms with E-state index in [1.807, 2.05) is 6.07 Å². The summed E-state index contributed by atoms with van der Waals surface area (Å²) < 4.78 is 10.3. The van der Waals surface area contributed by atoms with Crippen LogP contribution in [0.2, 0.25) is 0 Å². The molecule has 0 N–H and O–H groups in total. The number of halogens is 1. The zero-order valence-electron chi connectivity index (χ0n) is 15.9. The van der Waals surface area contributed by atoms with Gasteiger partial charge in [0.15, 0.2) is 5.78 Å². The Morgan fingerprint density at radius 1 is 1.04 bits per heavy atom. The van der Waals surface area contributed by atoms with Gasteiger partial charge in [0, 0.05) is 18.2 Å². The Morgan fingerprint density at radius 3 is 2.18 bits per heavy atom.